The van der Waals surface area contributed by atoms with Crippen LogP contribution >= 0.6 is 0 Å². The maximum absolute atomic E-state index is 12.2. The fourth-order valence-electron chi connectivity index (χ4n) is 1.86. The van der Waals surface area contributed by atoms with Crippen molar-refractivity contribution in [3.8, 4) is 5.75 Å². The molecule has 0 unspecified atom stereocenters. The summed E-state index contributed by atoms with van der Waals surface area (Å²) < 4.78 is 66.8. The number of rotatable bonds is 5. The molecule has 2 rings (SSSR count). The number of halogens is 3. The van der Waals surface area contributed by atoms with Crippen LogP contribution in [0.25, 0.3) is 0 Å². The molecule has 9 heteroatoms. The Hall–Kier alpha value is -2.42. The Morgan fingerprint density at radius 1 is 0.958 bits per heavy atom. The Kier molecular flexibility index (Phi) is 4.93. The normalized spacial score (nSPS) is 11.9. The first kappa shape index (κ1) is 17.9. The quantitative estimate of drug-likeness (QED) is 0.887. The van der Waals surface area contributed by atoms with Gasteiger partial charge in [-0.15, -0.1) is 13.2 Å². The predicted octanol–water partition coefficient (Wildman–Crippen LogP) is 3.45. The highest BCUT2D eigenvalue weighted by atomic mass is 32.2. The summed E-state index contributed by atoms with van der Waals surface area (Å²) in [5, 5.41) is 0. The van der Waals surface area contributed by atoms with Crippen molar-refractivity contribution >= 4 is 21.4 Å². The van der Waals surface area contributed by atoms with Crippen LogP contribution in [0.1, 0.15) is 0 Å². The van der Waals surface area contributed by atoms with E-state index in [1.165, 1.54) is 0 Å². The molecule has 0 spiro atoms. The van der Waals surface area contributed by atoms with Gasteiger partial charge >= 0.3 is 6.36 Å². The molecule has 0 amide bonds. The van der Waals surface area contributed by atoms with Crippen LogP contribution in [-0.4, -0.2) is 28.9 Å². The van der Waals surface area contributed by atoms with E-state index in [0.717, 1.165) is 30.0 Å². The van der Waals surface area contributed by atoms with Crippen molar-refractivity contribution < 1.29 is 26.3 Å². The second kappa shape index (κ2) is 6.60. The number of hydrogen-bond donors (Lipinski definition) is 1. The van der Waals surface area contributed by atoms with Gasteiger partial charge in [0, 0.05) is 25.5 Å². The molecule has 2 aromatic rings. The maximum Gasteiger partial charge on any atom is 0.573 e. The molecule has 0 aliphatic rings. The van der Waals surface area contributed by atoms with E-state index in [9.17, 15) is 21.6 Å². The Bertz CT molecular complexity index is 786. The molecule has 0 bridgehead atoms. The minimum absolute atomic E-state index is 0.172. The summed E-state index contributed by atoms with van der Waals surface area (Å²) in [6, 6.07) is 10.6. The number of alkyl halides is 3. The number of nitrogens with one attached hydrogen (secondary N) is 1. The van der Waals surface area contributed by atoms with E-state index in [-0.39, 0.29) is 4.90 Å². The lowest BCUT2D eigenvalue weighted by Gasteiger charge is -2.14. The van der Waals surface area contributed by atoms with Crippen molar-refractivity contribution in [3.05, 3.63) is 48.5 Å². The summed E-state index contributed by atoms with van der Waals surface area (Å²) in [7, 11) is -0.205. The Labute approximate surface area is 137 Å². The number of ether oxygens (including phenoxy) is 1. The van der Waals surface area contributed by atoms with E-state index >= 15 is 0 Å². The van der Waals surface area contributed by atoms with Gasteiger partial charge in [0.25, 0.3) is 10.0 Å². The third kappa shape index (κ3) is 4.79. The maximum atomic E-state index is 12.2. The smallest absolute Gasteiger partial charge is 0.406 e. The molecule has 0 saturated heterocycles. The average molecular weight is 360 g/mol. The number of benzene rings is 2. The molecule has 0 aromatic heterocycles. The van der Waals surface area contributed by atoms with Crippen molar-refractivity contribution in [2.75, 3.05) is 23.7 Å². The molecule has 0 heterocycles. The highest BCUT2D eigenvalue weighted by Gasteiger charge is 2.31. The predicted molar refractivity (Wildman–Crippen MR) is 84.7 cm³/mol. The molecule has 0 fully saturated rings. The van der Waals surface area contributed by atoms with E-state index in [2.05, 4.69) is 9.46 Å². The summed E-state index contributed by atoms with van der Waals surface area (Å²) in [4.78, 5) is 1.69. The number of hydrogen-bond acceptors (Lipinski definition) is 4. The van der Waals surface area contributed by atoms with E-state index in [4.69, 9.17) is 0 Å². The first-order chi connectivity index (χ1) is 11.1. The average Bonchev–Trinajstić information content (AvgIpc) is 2.46. The van der Waals surface area contributed by atoms with Crippen LogP contribution in [0.4, 0.5) is 24.5 Å². The molecule has 24 heavy (non-hydrogen) atoms. The zero-order valence-corrected chi connectivity index (χ0v) is 13.6. The van der Waals surface area contributed by atoms with Gasteiger partial charge in [-0.25, -0.2) is 8.42 Å². The van der Waals surface area contributed by atoms with Crippen molar-refractivity contribution in [2.45, 2.75) is 11.3 Å². The van der Waals surface area contributed by atoms with Crippen molar-refractivity contribution in [3.63, 3.8) is 0 Å². The van der Waals surface area contributed by atoms with Gasteiger partial charge in [-0.1, -0.05) is 0 Å². The molecule has 2 aromatic carbocycles. The Balaban J connectivity index is 2.15. The van der Waals surface area contributed by atoms with Crippen molar-refractivity contribution in [1.82, 2.24) is 0 Å². The van der Waals surface area contributed by atoms with Crippen LogP contribution in [0.5, 0.6) is 5.75 Å². The van der Waals surface area contributed by atoms with E-state index in [1.807, 2.05) is 19.0 Å². The number of nitrogens with zero attached hydrogens (tertiary/aromatic N) is 1. The lowest BCUT2D eigenvalue weighted by Crippen LogP contribution is -2.17. The van der Waals surface area contributed by atoms with Crippen LogP contribution in [0, 0.1) is 0 Å². The topological polar surface area (TPSA) is 58.6 Å². The Morgan fingerprint density at radius 3 is 1.96 bits per heavy atom. The third-order valence-electron chi connectivity index (χ3n) is 3.00. The monoisotopic (exact) mass is 360 g/mol. The SMILES string of the molecule is CN(C)c1ccc(NS(=O)(=O)c2ccc(OC(F)(F)F)cc2)cc1. The zero-order chi connectivity index (χ0) is 18.0. The molecule has 130 valence electrons. The summed E-state index contributed by atoms with van der Waals surface area (Å²) in [6.45, 7) is 0. The van der Waals surface area contributed by atoms with Crippen LogP contribution in [0.2, 0.25) is 0 Å². The van der Waals surface area contributed by atoms with E-state index in [0.29, 0.717) is 5.69 Å². The lowest BCUT2D eigenvalue weighted by molar-refractivity contribution is -0.274. The van der Waals surface area contributed by atoms with E-state index in [1.54, 1.807) is 24.3 Å². The molecule has 0 atom stereocenters. The second-order valence-corrected chi connectivity index (χ2v) is 6.75. The largest absolute Gasteiger partial charge is 0.573 e. The van der Waals surface area contributed by atoms with Crippen LogP contribution < -0.4 is 14.4 Å². The van der Waals surface area contributed by atoms with Crippen LogP contribution in [0.3, 0.4) is 0 Å². The van der Waals surface area contributed by atoms with Gasteiger partial charge in [-0.05, 0) is 48.5 Å². The molecule has 0 aliphatic heterocycles. The van der Waals surface area contributed by atoms with E-state index < -0.39 is 22.1 Å². The standard InChI is InChI=1S/C15H15F3N2O3S/c1-20(2)12-5-3-11(4-6-12)19-24(21,22)14-9-7-13(8-10-14)23-15(16,17)18/h3-10,19H,1-2H3. The lowest BCUT2D eigenvalue weighted by atomic mass is 10.3. The summed E-state index contributed by atoms with van der Waals surface area (Å²) in [6.07, 6.45) is -4.83. The summed E-state index contributed by atoms with van der Waals surface area (Å²) in [5.74, 6) is -0.489. The molecule has 0 aliphatic carbocycles. The molecule has 0 radical (unpaired) electrons. The van der Waals surface area contributed by atoms with Gasteiger partial charge in [0.2, 0.25) is 0 Å². The van der Waals surface area contributed by atoms with Gasteiger partial charge < -0.3 is 9.64 Å². The number of anilines is 2. The summed E-state index contributed by atoms with van der Waals surface area (Å²) >= 11 is 0. The Morgan fingerprint density at radius 2 is 1.50 bits per heavy atom. The van der Waals surface area contributed by atoms with Gasteiger partial charge in [0.05, 0.1) is 4.90 Å². The minimum Gasteiger partial charge on any atom is -0.406 e. The van der Waals surface area contributed by atoms with Crippen LogP contribution in [0.15, 0.2) is 53.4 Å². The fourth-order valence-corrected chi connectivity index (χ4v) is 2.92. The van der Waals surface area contributed by atoms with Crippen LogP contribution in [-0.2, 0) is 10.0 Å². The van der Waals surface area contributed by atoms with Gasteiger partial charge in [0.1, 0.15) is 5.75 Å². The molecular formula is C15H15F3N2O3S. The highest BCUT2D eigenvalue weighted by Crippen LogP contribution is 2.25. The third-order valence-corrected chi connectivity index (χ3v) is 4.40. The zero-order valence-electron chi connectivity index (χ0n) is 12.8. The van der Waals surface area contributed by atoms with Crippen molar-refractivity contribution in [1.29, 1.82) is 0 Å². The molecule has 0 saturated carbocycles. The van der Waals surface area contributed by atoms with Gasteiger partial charge in [0.15, 0.2) is 0 Å². The van der Waals surface area contributed by atoms with Gasteiger partial charge in [-0.2, -0.15) is 0 Å². The molecule has 5 nitrogen and oxygen atoms in total. The second-order valence-electron chi connectivity index (χ2n) is 5.07. The molecular weight excluding hydrogens is 345 g/mol. The highest BCUT2D eigenvalue weighted by molar-refractivity contribution is 7.92. The molecule has 1 N–H and O–H groups in total. The minimum atomic E-state index is -4.83. The van der Waals surface area contributed by atoms with Crippen molar-refractivity contribution in [2.24, 2.45) is 0 Å². The summed E-state index contributed by atoms with van der Waals surface area (Å²) in [5.41, 5.74) is 1.24. The fraction of sp³-hybridized carbons (Fsp3) is 0.200. The number of sulfonamides is 1. The van der Waals surface area contributed by atoms with Gasteiger partial charge in [-0.3, -0.25) is 4.72 Å². The first-order valence-electron chi connectivity index (χ1n) is 6.73. The first-order valence-corrected chi connectivity index (χ1v) is 8.21.